The van der Waals surface area contributed by atoms with Gasteiger partial charge in [0.2, 0.25) is 5.91 Å². The molecule has 1 aliphatic heterocycles. The van der Waals surface area contributed by atoms with E-state index < -0.39 is 0 Å². The molecule has 29 heavy (non-hydrogen) atoms. The van der Waals surface area contributed by atoms with Gasteiger partial charge in [0.05, 0.1) is 25.1 Å². The van der Waals surface area contributed by atoms with Crippen molar-refractivity contribution in [2.24, 2.45) is 11.8 Å². The summed E-state index contributed by atoms with van der Waals surface area (Å²) in [6.45, 7) is 0.961. The van der Waals surface area contributed by atoms with Gasteiger partial charge in [0.15, 0.2) is 0 Å². The number of ether oxygens (including phenoxy) is 1. The van der Waals surface area contributed by atoms with Crippen LogP contribution in [0.4, 0.5) is 11.4 Å². The number of hydrogen-bond acceptors (Lipinski definition) is 4. The van der Waals surface area contributed by atoms with Gasteiger partial charge in [0.25, 0.3) is 0 Å². The molecule has 5 nitrogen and oxygen atoms in total. The largest absolute Gasteiger partial charge is 0.497 e. The van der Waals surface area contributed by atoms with E-state index in [9.17, 15) is 10.1 Å². The van der Waals surface area contributed by atoms with Crippen molar-refractivity contribution in [2.45, 2.75) is 37.6 Å². The van der Waals surface area contributed by atoms with Crippen molar-refractivity contribution >= 4 is 17.3 Å². The Hall–Kier alpha value is -3.00. The molecule has 2 aromatic carbocycles. The Kier molecular flexibility index (Phi) is 4.43. The molecule has 5 rings (SSSR count). The van der Waals surface area contributed by atoms with Crippen LogP contribution >= 0.6 is 0 Å². The molecule has 0 saturated heterocycles. The topological polar surface area (TPSA) is 65.4 Å². The normalized spacial score (nSPS) is 22.7. The predicted molar refractivity (Wildman–Crippen MR) is 112 cm³/mol. The van der Waals surface area contributed by atoms with Crippen molar-refractivity contribution in [1.82, 2.24) is 0 Å². The molecule has 0 spiro atoms. The lowest BCUT2D eigenvalue weighted by Gasteiger charge is -2.29. The van der Waals surface area contributed by atoms with Crippen LogP contribution in [-0.4, -0.2) is 19.6 Å². The minimum atomic E-state index is -0.221. The third-order valence-electron chi connectivity index (χ3n) is 6.29. The molecule has 2 atom stereocenters. The Morgan fingerprint density at radius 1 is 1.17 bits per heavy atom. The van der Waals surface area contributed by atoms with Gasteiger partial charge in [-0.2, -0.15) is 5.26 Å². The van der Waals surface area contributed by atoms with E-state index >= 15 is 0 Å². The number of fused-ring (bicyclic) bond motifs is 1. The summed E-state index contributed by atoms with van der Waals surface area (Å²) in [5.41, 5.74) is 4.12. The van der Waals surface area contributed by atoms with Crippen LogP contribution in [0.1, 0.15) is 48.8 Å². The molecular weight excluding hydrogens is 362 g/mol. The fraction of sp³-hybridized carbons (Fsp3) is 0.417. The molecule has 5 heteroatoms. The lowest BCUT2D eigenvalue weighted by atomic mass is 9.91. The highest BCUT2D eigenvalue weighted by atomic mass is 16.5. The third-order valence-corrected chi connectivity index (χ3v) is 6.29. The molecule has 2 saturated carbocycles. The Bertz CT molecular complexity index is 971. The maximum atomic E-state index is 12.0. The highest BCUT2D eigenvalue weighted by Gasteiger charge is 2.42. The molecule has 3 aliphatic rings. The minimum Gasteiger partial charge on any atom is -0.497 e. The van der Waals surface area contributed by atoms with Gasteiger partial charge in [0.1, 0.15) is 5.75 Å². The number of nitrogens with one attached hydrogen (secondary N) is 1. The lowest BCUT2D eigenvalue weighted by molar-refractivity contribution is -0.117. The van der Waals surface area contributed by atoms with Gasteiger partial charge in [-0.25, -0.2) is 0 Å². The van der Waals surface area contributed by atoms with Gasteiger partial charge in [0, 0.05) is 29.9 Å². The number of nitrogens with zero attached hydrogens (tertiary/aromatic N) is 2. The van der Waals surface area contributed by atoms with Gasteiger partial charge < -0.3 is 15.0 Å². The Morgan fingerprint density at radius 2 is 1.93 bits per heavy atom. The first kappa shape index (κ1) is 18.1. The van der Waals surface area contributed by atoms with E-state index in [-0.39, 0.29) is 23.8 Å². The zero-order chi connectivity index (χ0) is 20.0. The summed E-state index contributed by atoms with van der Waals surface area (Å²) < 4.78 is 5.45. The van der Waals surface area contributed by atoms with E-state index in [1.165, 1.54) is 12.8 Å². The third kappa shape index (κ3) is 3.44. The Morgan fingerprint density at radius 3 is 2.55 bits per heavy atom. The van der Waals surface area contributed by atoms with Crippen LogP contribution < -0.4 is 15.0 Å². The van der Waals surface area contributed by atoms with Crippen molar-refractivity contribution < 1.29 is 9.53 Å². The van der Waals surface area contributed by atoms with Gasteiger partial charge in [-0.15, -0.1) is 0 Å². The number of benzene rings is 2. The van der Waals surface area contributed by atoms with Gasteiger partial charge in [-0.3, -0.25) is 4.79 Å². The van der Waals surface area contributed by atoms with E-state index in [4.69, 9.17) is 4.74 Å². The summed E-state index contributed by atoms with van der Waals surface area (Å²) in [7, 11) is 1.68. The first-order valence-corrected chi connectivity index (χ1v) is 10.4. The Labute approximate surface area is 171 Å². The molecule has 0 aromatic heterocycles. The molecular formula is C24H25N3O2. The molecule has 0 bridgehead atoms. The summed E-state index contributed by atoms with van der Waals surface area (Å²) in [4.78, 5) is 14.4. The van der Waals surface area contributed by atoms with Crippen molar-refractivity contribution in [3.05, 3.63) is 53.6 Å². The summed E-state index contributed by atoms with van der Waals surface area (Å²) in [5, 5.41) is 13.0. The van der Waals surface area contributed by atoms with Crippen molar-refractivity contribution in [3.8, 4) is 11.8 Å². The summed E-state index contributed by atoms with van der Waals surface area (Å²) >= 11 is 0. The van der Waals surface area contributed by atoms with Crippen LogP contribution in [0.3, 0.4) is 0 Å². The molecule has 2 aromatic rings. The second kappa shape index (κ2) is 7.11. The highest BCUT2D eigenvalue weighted by molar-refractivity contribution is 5.94. The molecule has 2 aliphatic carbocycles. The maximum absolute atomic E-state index is 12.0. The Balaban J connectivity index is 1.46. The molecule has 148 valence electrons. The second-order valence-corrected chi connectivity index (χ2v) is 8.46. The molecule has 0 radical (unpaired) electrons. The van der Waals surface area contributed by atoms with Crippen LogP contribution in [0, 0.1) is 23.2 Å². The van der Waals surface area contributed by atoms with E-state index in [0.29, 0.717) is 5.92 Å². The fourth-order valence-electron chi connectivity index (χ4n) is 4.32. The average Bonchev–Trinajstić information content (AvgIpc) is 3.66. The highest BCUT2D eigenvalue weighted by Crippen LogP contribution is 2.51. The van der Waals surface area contributed by atoms with E-state index in [1.807, 2.05) is 24.3 Å². The second-order valence-electron chi connectivity index (χ2n) is 8.46. The van der Waals surface area contributed by atoms with Crippen molar-refractivity contribution in [2.75, 3.05) is 23.9 Å². The molecule has 1 heterocycles. The number of nitriles is 1. The first-order chi connectivity index (χ1) is 14.2. The standard InChI is InChI=1S/C24H25N3O2/c1-29-19-10-11-20-21(13-25)23(27(22(20)12-19)14-15-2-3-15)16-6-8-18(9-7-16)26-24(28)17-4-5-17/h6-12,15,17,21,23H,2-5,14H2,1H3,(H,26,28). The average molecular weight is 387 g/mol. The number of rotatable bonds is 6. The van der Waals surface area contributed by atoms with Gasteiger partial charge in [-0.05, 0) is 60.9 Å². The zero-order valence-corrected chi connectivity index (χ0v) is 16.6. The van der Waals surface area contributed by atoms with Gasteiger partial charge >= 0.3 is 0 Å². The van der Waals surface area contributed by atoms with Crippen molar-refractivity contribution in [3.63, 3.8) is 0 Å². The number of carbonyl (C=O) groups excluding carboxylic acids is 1. The van der Waals surface area contributed by atoms with Crippen LogP contribution in [0.25, 0.3) is 0 Å². The van der Waals surface area contributed by atoms with Gasteiger partial charge in [-0.1, -0.05) is 18.2 Å². The lowest BCUT2D eigenvalue weighted by Crippen LogP contribution is -2.28. The molecule has 2 unspecified atom stereocenters. The monoisotopic (exact) mass is 387 g/mol. The molecule has 1 N–H and O–H groups in total. The smallest absolute Gasteiger partial charge is 0.227 e. The van der Waals surface area contributed by atoms with E-state index in [0.717, 1.165) is 47.6 Å². The number of hydrogen-bond donors (Lipinski definition) is 1. The quantitative estimate of drug-likeness (QED) is 0.785. The summed E-state index contributed by atoms with van der Waals surface area (Å²) in [6, 6.07) is 16.6. The number of carbonyl (C=O) groups is 1. The predicted octanol–water partition coefficient (Wildman–Crippen LogP) is 4.62. The van der Waals surface area contributed by atoms with Crippen LogP contribution in [-0.2, 0) is 4.79 Å². The van der Waals surface area contributed by atoms with Crippen LogP contribution in [0.15, 0.2) is 42.5 Å². The van der Waals surface area contributed by atoms with E-state index in [2.05, 4.69) is 34.5 Å². The maximum Gasteiger partial charge on any atom is 0.227 e. The minimum absolute atomic E-state index is 0.0177. The zero-order valence-electron chi connectivity index (χ0n) is 16.6. The molecule has 1 amide bonds. The number of anilines is 2. The van der Waals surface area contributed by atoms with Crippen LogP contribution in [0.2, 0.25) is 0 Å². The molecule has 2 fully saturated rings. The number of methoxy groups -OCH3 is 1. The number of amides is 1. The van der Waals surface area contributed by atoms with Crippen molar-refractivity contribution in [1.29, 1.82) is 5.26 Å². The fourth-order valence-corrected chi connectivity index (χ4v) is 4.32. The first-order valence-electron chi connectivity index (χ1n) is 10.4. The van der Waals surface area contributed by atoms with Crippen LogP contribution in [0.5, 0.6) is 5.75 Å². The van der Waals surface area contributed by atoms with E-state index in [1.54, 1.807) is 7.11 Å². The summed E-state index contributed by atoms with van der Waals surface area (Å²) in [6.07, 6.45) is 4.50. The summed E-state index contributed by atoms with van der Waals surface area (Å²) in [5.74, 6) is 1.60. The SMILES string of the molecule is COc1ccc2c(c1)N(CC1CC1)C(c1ccc(NC(=O)C3CC3)cc1)C2C#N.